The first-order valence-corrected chi connectivity index (χ1v) is 12.1. The van der Waals surface area contributed by atoms with Gasteiger partial charge in [-0.1, -0.05) is 59.8 Å². The van der Waals surface area contributed by atoms with E-state index in [0.717, 1.165) is 22.6 Å². The van der Waals surface area contributed by atoms with E-state index in [1.807, 2.05) is 90.5 Å². The lowest BCUT2D eigenvalue weighted by Crippen LogP contribution is -2.41. The molecule has 0 fully saturated rings. The standard InChI is InChI=1S/C26H25N5O3S/c1-17-8-10-18(11-9-17)23-24(25(32)27-19-12-14-20(33-2)15-13-19)35-26-29-28-22(31(26)30-23)16-34-21-6-4-3-5-7-21/h3-15,23-24,30H,16H2,1-2H3,(H,27,32)/t23-,24-/m1/s1. The Morgan fingerprint density at radius 2 is 1.74 bits per heavy atom. The number of thioether (sulfide) groups is 1. The summed E-state index contributed by atoms with van der Waals surface area (Å²) in [6.07, 6.45) is 0. The number of hydrogen-bond acceptors (Lipinski definition) is 7. The average molecular weight is 488 g/mol. The molecule has 1 aliphatic heterocycles. The van der Waals surface area contributed by atoms with Crippen LogP contribution in [-0.4, -0.2) is 33.1 Å². The molecule has 0 spiro atoms. The van der Waals surface area contributed by atoms with E-state index in [1.165, 1.54) is 11.8 Å². The summed E-state index contributed by atoms with van der Waals surface area (Å²) in [7, 11) is 1.61. The van der Waals surface area contributed by atoms with Crippen LogP contribution < -0.4 is 20.2 Å². The molecule has 5 rings (SSSR count). The number of para-hydroxylation sites is 1. The highest BCUT2D eigenvalue weighted by Gasteiger charge is 2.38. The summed E-state index contributed by atoms with van der Waals surface area (Å²) in [6, 6.07) is 24.7. The molecule has 8 nitrogen and oxygen atoms in total. The Labute approximate surface area is 207 Å². The zero-order valence-corrected chi connectivity index (χ0v) is 20.2. The molecule has 4 aromatic rings. The van der Waals surface area contributed by atoms with Crippen LogP contribution in [0.1, 0.15) is 23.0 Å². The molecule has 0 unspecified atom stereocenters. The van der Waals surface area contributed by atoms with E-state index in [4.69, 9.17) is 9.47 Å². The zero-order chi connectivity index (χ0) is 24.2. The quantitative estimate of drug-likeness (QED) is 0.395. The van der Waals surface area contributed by atoms with Crippen LogP contribution in [0.3, 0.4) is 0 Å². The first kappa shape index (κ1) is 22.8. The molecule has 1 aromatic heterocycles. The minimum absolute atomic E-state index is 0.130. The van der Waals surface area contributed by atoms with Gasteiger partial charge in [-0.25, -0.2) is 4.68 Å². The first-order valence-electron chi connectivity index (χ1n) is 11.2. The third kappa shape index (κ3) is 5.09. The maximum Gasteiger partial charge on any atom is 0.240 e. The fraction of sp³-hybridized carbons (Fsp3) is 0.192. The minimum atomic E-state index is -0.473. The topological polar surface area (TPSA) is 90.3 Å². The number of fused-ring (bicyclic) bond motifs is 1. The van der Waals surface area contributed by atoms with Crippen molar-refractivity contribution in [3.05, 3.63) is 95.8 Å². The van der Waals surface area contributed by atoms with Gasteiger partial charge in [0.2, 0.25) is 11.1 Å². The van der Waals surface area contributed by atoms with Gasteiger partial charge in [-0.15, -0.1) is 10.2 Å². The minimum Gasteiger partial charge on any atom is -0.497 e. The van der Waals surface area contributed by atoms with Crippen LogP contribution in [0.25, 0.3) is 0 Å². The van der Waals surface area contributed by atoms with Gasteiger partial charge < -0.3 is 20.2 Å². The van der Waals surface area contributed by atoms with Gasteiger partial charge in [0.25, 0.3) is 0 Å². The van der Waals surface area contributed by atoms with E-state index in [9.17, 15) is 4.79 Å². The van der Waals surface area contributed by atoms with Crippen LogP contribution in [0, 0.1) is 6.92 Å². The fourth-order valence-corrected chi connectivity index (χ4v) is 4.87. The smallest absolute Gasteiger partial charge is 0.240 e. The normalized spacial score (nSPS) is 16.6. The van der Waals surface area contributed by atoms with Crippen molar-refractivity contribution in [3.8, 4) is 11.5 Å². The van der Waals surface area contributed by atoms with Crippen molar-refractivity contribution in [2.24, 2.45) is 0 Å². The van der Waals surface area contributed by atoms with Crippen LogP contribution >= 0.6 is 11.8 Å². The van der Waals surface area contributed by atoms with Crippen LogP contribution in [0.2, 0.25) is 0 Å². The van der Waals surface area contributed by atoms with Gasteiger partial charge >= 0.3 is 0 Å². The van der Waals surface area contributed by atoms with Gasteiger partial charge in [0.15, 0.2) is 5.82 Å². The number of aromatic nitrogens is 3. The van der Waals surface area contributed by atoms with Crippen molar-refractivity contribution in [2.45, 2.75) is 30.0 Å². The number of hydrogen-bond donors (Lipinski definition) is 2. The van der Waals surface area contributed by atoms with Gasteiger partial charge in [0, 0.05) is 5.69 Å². The number of ether oxygens (including phenoxy) is 2. The molecule has 0 saturated carbocycles. The zero-order valence-electron chi connectivity index (χ0n) is 19.3. The Hall–Kier alpha value is -3.98. The number of rotatable bonds is 7. The average Bonchev–Trinajstić information content (AvgIpc) is 3.30. The van der Waals surface area contributed by atoms with E-state index < -0.39 is 5.25 Å². The Morgan fingerprint density at radius 3 is 2.46 bits per heavy atom. The van der Waals surface area contributed by atoms with Gasteiger partial charge in [-0.2, -0.15) is 0 Å². The predicted octanol–water partition coefficient (Wildman–Crippen LogP) is 4.57. The van der Waals surface area contributed by atoms with E-state index in [1.54, 1.807) is 7.11 Å². The highest BCUT2D eigenvalue weighted by Crippen LogP contribution is 2.38. The van der Waals surface area contributed by atoms with Crippen LogP contribution in [0.15, 0.2) is 84.0 Å². The number of methoxy groups -OCH3 is 1. The van der Waals surface area contributed by atoms with Gasteiger partial charge in [0.05, 0.1) is 13.2 Å². The molecule has 3 aromatic carbocycles. The lowest BCUT2D eigenvalue weighted by Gasteiger charge is -2.33. The monoisotopic (exact) mass is 487 g/mol. The number of aryl methyl sites for hydroxylation is 1. The Kier molecular flexibility index (Phi) is 6.58. The predicted molar refractivity (Wildman–Crippen MR) is 135 cm³/mol. The van der Waals surface area contributed by atoms with Crippen LogP contribution in [0.4, 0.5) is 5.69 Å². The van der Waals surface area contributed by atoms with E-state index >= 15 is 0 Å². The summed E-state index contributed by atoms with van der Waals surface area (Å²) >= 11 is 1.38. The lowest BCUT2D eigenvalue weighted by atomic mass is 10.0. The van der Waals surface area contributed by atoms with Crippen molar-refractivity contribution in [1.29, 1.82) is 0 Å². The molecule has 9 heteroatoms. The molecule has 178 valence electrons. The largest absolute Gasteiger partial charge is 0.497 e. The molecule has 0 bridgehead atoms. The molecule has 1 aliphatic rings. The van der Waals surface area contributed by atoms with Gasteiger partial charge in [-0.3, -0.25) is 4.79 Å². The number of nitrogens with one attached hydrogen (secondary N) is 2. The highest BCUT2D eigenvalue weighted by atomic mass is 32.2. The summed E-state index contributed by atoms with van der Waals surface area (Å²) in [6.45, 7) is 2.28. The molecule has 2 N–H and O–H groups in total. The Balaban J connectivity index is 1.40. The lowest BCUT2D eigenvalue weighted by molar-refractivity contribution is -0.116. The summed E-state index contributed by atoms with van der Waals surface area (Å²) in [5.74, 6) is 1.98. The third-order valence-corrected chi connectivity index (χ3v) is 6.88. The summed E-state index contributed by atoms with van der Waals surface area (Å²) in [5, 5.41) is 11.8. The van der Waals surface area contributed by atoms with Crippen LogP contribution in [0.5, 0.6) is 11.5 Å². The van der Waals surface area contributed by atoms with Gasteiger partial charge in [0.1, 0.15) is 23.4 Å². The SMILES string of the molecule is COc1ccc(NC(=O)[C@@H]2Sc3nnc(COc4ccccc4)n3N[C@@H]2c2ccc(C)cc2)cc1. The highest BCUT2D eigenvalue weighted by molar-refractivity contribution is 8.00. The molecular formula is C26H25N5O3S. The molecule has 0 radical (unpaired) electrons. The first-order chi connectivity index (χ1) is 17.1. The van der Waals surface area contributed by atoms with Crippen molar-refractivity contribution < 1.29 is 14.3 Å². The number of carbonyl (C=O) groups excluding carboxylic acids is 1. The fourth-order valence-electron chi connectivity index (χ4n) is 3.77. The van der Waals surface area contributed by atoms with Crippen LogP contribution in [-0.2, 0) is 11.4 Å². The summed E-state index contributed by atoms with van der Waals surface area (Å²) in [4.78, 5) is 13.4. The van der Waals surface area contributed by atoms with E-state index in [-0.39, 0.29) is 18.6 Å². The Bertz CT molecular complexity index is 1290. The molecule has 0 aliphatic carbocycles. The molecule has 2 heterocycles. The van der Waals surface area contributed by atoms with Crippen molar-refractivity contribution in [1.82, 2.24) is 14.9 Å². The second-order valence-electron chi connectivity index (χ2n) is 8.11. The van der Waals surface area contributed by atoms with Gasteiger partial charge in [-0.05, 0) is 48.9 Å². The Morgan fingerprint density at radius 1 is 1.00 bits per heavy atom. The maximum atomic E-state index is 13.4. The number of amides is 1. The molecule has 0 saturated heterocycles. The number of nitrogens with zero attached hydrogens (tertiary/aromatic N) is 3. The van der Waals surface area contributed by atoms with Crippen molar-refractivity contribution in [3.63, 3.8) is 0 Å². The third-order valence-electron chi connectivity index (χ3n) is 5.67. The second-order valence-corrected chi connectivity index (χ2v) is 9.22. The summed E-state index contributed by atoms with van der Waals surface area (Å²) < 4.78 is 12.9. The van der Waals surface area contributed by atoms with Crippen molar-refractivity contribution >= 4 is 23.4 Å². The number of benzene rings is 3. The molecule has 1 amide bonds. The number of carbonyl (C=O) groups is 1. The van der Waals surface area contributed by atoms with E-state index in [0.29, 0.717) is 16.7 Å². The maximum absolute atomic E-state index is 13.4. The molecular weight excluding hydrogens is 462 g/mol. The second kappa shape index (κ2) is 10.1. The number of anilines is 1. The van der Waals surface area contributed by atoms with Crippen molar-refractivity contribution in [2.75, 3.05) is 17.9 Å². The summed E-state index contributed by atoms with van der Waals surface area (Å²) in [5.41, 5.74) is 6.30. The molecule has 35 heavy (non-hydrogen) atoms. The molecule has 2 atom stereocenters. The van der Waals surface area contributed by atoms with E-state index in [2.05, 4.69) is 20.9 Å².